The first-order valence-corrected chi connectivity index (χ1v) is 8.10. The quantitative estimate of drug-likeness (QED) is 0.870. The molecule has 0 aliphatic heterocycles. The van der Waals surface area contributed by atoms with Crippen LogP contribution >= 0.6 is 0 Å². The lowest BCUT2D eigenvalue weighted by Gasteiger charge is -2.23. The minimum absolute atomic E-state index is 0.199. The molecule has 0 aliphatic carbocycles. The first-order chi connectivity index (χ1) is 9.90. The smallest absolute Gasteiger partial charge is 0.0703 e. The number of nitrogens with zero attached hydrogens (tertiary/aromatic N) is 2. The van der Waals surface area contributed by atoms with Crippen molar-refractivity contribution in [2.45, 2.75) is 59.5 Å². The van der Waals surface area contributed by atoms with E-state index in [4.69, 9.17) is 5.10 Å². The van der Waals surface area contributed by atoms with E-state index in [0.29, 0.717) is 5.92 Å². The first-order valence-electron chi connectivity index (χ1n) is 8.10. The Kier molecular flexibility index (Phi) is 5.04. The fraction of sp³-hybridized carbons (Fsp3) is 0.611. The van der Waals surface area contributed by atoms with E-state index in [2.05, 4.69) is 68.9 Å². The maximum Gasteiger partial charge on any atom is 0.0703 e. The molecule has 0 bridgehead atoms. The molecule has 0 saturated heterocycles. The molecule has 0 fully saturated rings. The number of para-hydroxylation sites is 1. The number of nitrogens with one attached hydrogen (secondary N) is 1. The minimum Gasteiger partial charge on any atom is -0.312 e. The Labute approximate surface area is 128 Å². The number of hydrogen-bond donors (Lipinski definition) is 1. The molecule has 116 valence electrons. The van der Waals surface area contributed by atoms with Gasteiger partial charge in [-0.3, -0.25) is 4.68 Å². The van der Waals surface area contributed by atoms with E-state index in [1.807, 2.05) is 0 Å². The molecule has 0 radical (unpaired) electrons. The molecule has 21 heavy (non-hydrogen) atoms. The first kappa shape index (κ1) is 16.0. The molecule has 0 amide bonds. The maximum absolute atomic E-state index is 4.78. The van der Waals surface area contributed by atoms with Crippen LogP contribution in [0.2, 0.25) is 0 Å². The summed E-state index contributed by atoms with van der Waals surface area (Å²) in [7, 11) is 0. The van der Waals surface area contributed by atoms with Crippen LogP contribution in [0, 0.1) is 5.92 Å². The van der Waals surface area contributed by atoms with Crippen molar-refractivity contribution in [3.63, 3.8) is 0 Å². The van der Waals surface area contributed by atoms with E-state index >= 15 is 0 Å². The molecule has 0 spiro atoms. The summed E-state index contributed by atoms with van der Waals surface area (Å²) in [6.45, 7) is 13.1. The fourth-order valence-corrected chi connectivity index (χ4v) is 2.59. The highest BCUT2D eigenvalue weighted by Crippen LogP contribution is 2.21. The third-order valence-electron chi connectivity index (χ3n) is 3.89. The molecule has 1 N–H and O–H groups in total. The van der Waals surface area contributed by atoms with Crippen LogP contribution in [0.25, 0.3) is 10.9 Å². The van der Waals surface area contributed by atoms with Crippen molar-refractivity contribution in [3.8, 4) is 0 Å². The molecule has 0 saturated carbocycles. The zero-order valence-corrected chi connectivity index (χ0v) is 14.1. The van der Waals surface area contributed by atoms with E-state index < -0.39 is 0 Å². The van der Waals surface area contributed by atoms with Crippen LogP contribution in [0.4, 0.5) is 0 Å². The lowest BCUT2D eigenvalue weighted by atomic mass is 10.0. The van der Waals surface area contributed by atoms with Gasteiger partial charge in [-0.1, -0.05) is 25.1 Å². The largest absolute Gasteiger partial charge is 0.312 e. The predicted octanol–water partition coefficient (Wildman–Crippen LogP) is 4.01. The van der Waals surface area contributed by atoms with Gasteiger partial charge in [0.25, 0.3) is 0 Å². The van der Waals surface area contributed by atoms with Gasteiger partial charge in [-0.05, 0) is 59.1 Å². The summed E-state index contributed by atoms with van der Waals surface area (Å²) in [5.41, 5.74) is 2.70. The predicted molar refractivity (Wildman–Crippen MR) is 90.6 cm³/mol. The second kappa shape index (κ2) is 6.61. The monoisotopic (exact) mass is 287 g/mol. The lowest BCUT2D eigenvalue weighted by Crippen LogP contribution is -2.38. The van der Waals surface area contributed by atoms with Crippen LogP contribution in [-0.4, -0.2) is 21.9 Å². The van der Waals surface area contributed by atoms with Crippen LogP contribution in [-0.2, 0) is 13.0 Å². The Morgan fingerprint density at radius 2 is 1.95 bits per heavy atom. The van der Waals surface area contributed by atoms with Crippen molar-refractivity contribution < 1.29 is 0 Å². The molecule has 1 heterocycles. The Hall–Kier alpha value is -1.35. The zero-order chi connectivity index (χ0) is 15.5. The van der Waals surface area contributed by atoms with Gasteiger partial charge >= 0.3 is 0 Å². The van der Waals surface area contributed by atoms with Crippen molar-refractivity contribution in [3.05, 3.63) is 30.0 Å². The van der Waals surface area contributed by atoms with Crippen molar-refractivity contribution in [2.24, 2.45) is 5.92 Å². The third-order valence-corrected chi connectivity index (χ3v) is 3.89. The number of aromatic nitrogens is 2. The molecule has 1 unspecified atom stereocenters. The summed E-state index contributed by atoms with van der Waals surface area (Å²) in [6, 6.07) is 8.57. The van der Waals surface area contributed by atoms with E-state index in [1.165, 1.54) is 23.0 Å². The van der Waals surface area contributed by atoms with Crippen molar-refractivity contribution in [1.29, 1.82) is 0 Å². The fourth-order valence-electron chi connectivity index (χ4n) is 2.59. The topological polar surface area (TPSA) is 29.9 Å². The third kappa shape index (κ3) is 4.31. The Morgan fingerprint density at radius 1 is 1.24 bits per heavy atom. The molecular weight excluding hydrogens is 258 g/mol. The van der Waals surface area contributed by atoms with Crippen LogP contribution in [0.5, 0.6) is 0 Å². The van der Waals surface area contributed by atoms with Gasteiger partial charge in [0.1, 0.15) is 0 Å². The number of benzene rings is 1. The molecule has 1 aromatic carbocycles. The summed E-state index contributed by atoms with van der Waals surface area (Å²) >= 11 is 0. The van der Waals surface area contributed by atoms with Crippen molar-refractivity contribution in [1.82, 2.24) is 15.1 Å². The van der Waals surface area contributed by atoms with Gasteiger partial charge in [0.15, 0.2) is 0 Å². The molecule has 2 rings (SSSR count). The number of rotatable bonds is 6. The average Bonchev–Trinajstić information content (AvgIpc) is 2.80. The summed E-state index contributed by atoms with van der Waals surface area (Å²) in [5.74, 6) is 0.662. The molecule has 1 aromatic heterocycles. The summed E-state index contributed by atoms with van der Waals surface area (Å²) in [5, 5.41) is 9.69. The van der Waals surface area contributed by atoms with E-state index in [9.17, 15) is 0 Å². The van der Waals surface area contributed by atoms with Gasteiger partial charge in [0.2, 0.25) is 0 Å². The van der Waals surface area contributed by atoms with Crippen LogP contribution in [0.15, 0.2) is 24.3 Å². The average molecular weight is 287 g/mol. The molecular formula is C18H29N3. The van der Waals surface area contributed by atoms with Crippen molar-refractivity contribution in [2.75, 3.05) is 6.54 Å². The number of aryl methyl sites for hydroxylation is 2. The van der Waals surface area contributed by atoms with Gasteiger partial charge < -0.3 is 5.32 Å². The second-order valence-electron chi connectivity index (χ2n) is 7.05. The van der Waals surface area contributed by atoms with E-state index in [0.717, 1.165) is 19.5 Å². The zero-order valence-electron chi connectivity index (χ0n) is 14.1. The van der Waals surface area contributed by atoms with Crippen LogP contribution in [0.3, 0.4) is 0 Å². The lowest BCUT2D eigenvalue weighted by molar-refractivity contribution is 0.372. The summed E-state index contributed by atoms with van der Waals surface area (Å²) in [4.78, 5) is 0. The Morgan fingerprint density at radius 3 is 2.62 bits per heavy atom. The standard InChI is InChI=1S/C18H29N3/c1-6-21-17-10-8-7-9-15(17)16(20-21)12-11-14(2)13-19-18(3,4)5/h7-10,14,19H,6,11-13H2,1-5H3. The van der Waals surface area contributed by atoms with Gasteiger partial charge in [-0.2, -0.15) is 5.10 Å². The van der Waals surface area contributed by atoms with Gasteiger partial charge in [-0.15, -0.1) is 0 Å². The Bertz CT molecular complexity index is 578. The van der Waals surface area contributed by atoms with E-state index in [-0.39, 0.29) is 5.54 Å². The number of fused-ring (bicyclic) bond motifs is 1. The molecule has 2 aromatic rings. The van der Waals surface area contributed by atoms with Crippen LogP contribution in [0.1, 0.15) is 46.7 Å². The molecule has 0 aliphatic rings. The molecule has 3 heteroatoms. The molecule has 3 nitrogen and oxygen atoms in total. The minimum atomic E-state index is 0.199. The normalized spacial score (nSPS) is 13.8. The SMILES string of the molecule is CCn1nc(CCC(C)CNC(C)(C)C)c2ccccc21. The number of hydrogen-bond acceptors (Lipinski definition) is 2. The summed E-state index contributed by atoms with van der Waals surface area (Å²) < 4.78 is 2.11. The van der Waals surface area contributed by atoms with Gasteiger partial charge in [0, 0.05) is 17.5 Å². The Balaban J connectivity index is 2.00. The van der Waals surface area contributed by atoms with Crippen molar-refractivity contribution >= 4 is 10.9 Å². The summed E-state index contributed by atoms with van der Waals surface area (Å²) in [6.07, 6.45) is 2.23. The van der Waals surface area contributed by atoms with Crippen LogP contribution < -0.4 is 5.32 Å². The van der Waals surface area contributed by atoms with E-state index in [1.54, 1.807) is 0 Å². The highest BCUT2D eigenvalue weighted by Gasteiger charge is 2.13. The maximum atomic E-state index is 4.78. The highest BCUT2D eigenvalue weighted by molar-refractivity contribution is 5.81. The van der Waals surface area contributed by atoms with Gasteiger partial charge in [0.05, 0.1) is 11.2 Å². The second-order valence-corrected chi connectivity index (χ2v) is 7.05. The molecule has 1 atom stereocenters. The highest BCUT2D eigenvalue weighted by atomic mass is 15.3. The van der Waals surface area contributed by atoms with Gasteiger partial charge in [-0.25, -0.2) is 0 Å².